The molecular weight excluding hydrogens is 252 g/mol. The summed E-state index contributed by atoms with van der Waals surface area (Å²) >= 11 is 6.07. The van der Waals surface area contributed by atoms with E-state index >= 15 is 0 Å². The standard InChI is InChI=1S/C12H15ClN4O/c1-8(16-17-12-14-5-6-15-12)9-3-4-11(18-2)10(13)7-9/h3-4,7H,5-6H2,1-2H3,(H2,14,15,17)/p+1/b16-8+. The van der Waals surface area contributed by atoms with Crippen LogP contribution in [0.25, 0.3) is 0 Å². The summed E-state index contributed by atoms with van der Waals surface area (Å²) in [4.78, 5) is 3.13. The predicted octanol–water partition coefficient (Wildman–Crippen LogP) is -0.298. The monoisotopic (exact) mass is 267 g/mol. The maximum absolute atomic E-state index is 6.07. The van der Waals surface area contributed by atoms with E-state index in [0.29, 0.717) is 10.8 Å². The van der Waals surface area contributed by atoms with Crippen molar-refractivity contribution in [1.29, 1.82) is 0 Å². The molecule has 0 saturated carbocycles. The molecule has 0 unspecified atom stereocenters. The molecule has 1 aliphatic rings. The quantitative estimate of drug-likeness (QED) is 0.521. The summed E-state index contributed by atoms with van der Waals surface area (Å²) in [6, 6.07) is 5.59. The van der Waals surface area contributed by atoms with Crippen molar-refractivity contribution in [3.63, 3.8) is 0 Å². The highest BCUT2D eigenvalue weighted by atomic mass is 35.5. The third-order valence-electron chi connectivity index (χ3n) is 2.63. The van der Waals surface area contributed by atoms with Gasteiger partial charge >= 0.3 is 5.96 Å². The van der Waals surface area contributed by atoms with Crippen LogP contribution in [-0.2, 0) is 0 Å². The van der Waals surface area contributed by atoms with Gasteiger partial charge in [-0.1, -0.05) is 11.6 Å². The van der Waals surface area contributed by atoms with E-state index in [1.54, 1.807) is 7.11 Å². The van der Waals surface area contributed by atoms with Gasteiger partial charge in [0.15, 0.2) is 0 Å². The summed E-state index contributed by atoms with van der Waals surface area (Å²) in [7, 11) is 1.59. The summed E-state index contributed by atoms with van der Waals surface area (Å²) in [5, 5.41) is 7.99. The number of ether oxygens (including phenoxy) is 1. The van der Waals surface area contributed by atoms with E-state index in [9.17, 15) is 0 Å². The Kier molecular flexibility index (Phi) is 4.04. The molecule has 1 aromatic rings. The van der Waals surface area contributed by atoms with Crippen LogP contribution >= 0.6 is 11.6 Å². The maximum Gasteiger partial charge on any atom is 0.367 e. The van der Waals surface area contributed by atoms with Crippen molar-refractivity contribution in [2.45, 2.75) is 6.92 Å². The van der Waals surface area contributed by atoms with Gasteiger partial charge < -0.3 is 4.74 Å². The first kappa shape index (κ1) is 12.7. The Morgan fingerprint density at radius 2 is 2.39 bits per heavy atom. The van der Waals surface area contributed by atoms with E-state index in [1.807, 2.05) is 25.1 Å². The van der Waals surface area contributed by atoms with Gasteiger partial charge in [0, 0.05) is 5.56 Å². The second-order valence-corrected chi connectivity index (χ2v) is 4.29. The largest absolute Gasteiger partial charge is 0.495 e. The number of nitrogens with one attached hydrogen (secondary N) is 3. The minimum atomic E-state index is 0.578. The Bertz CT molecular complexity index is 499. The lowest BCUT2D eigenvalue weighted by molar-refractivity contribution is -0.446. The lowest BCUT2D eigenvalue weighted by Gasteiger charge is -2.05. The van der Waals surface area contributed by atoms with E-state index in [-0.39, 0.29) is 0 Å². The van der Waals surface area contributed by atoms with E-state index < -0.39 is 0 Å². The minimum Gasteiger partial charge on any atom is -0.495 e. The molecule has 3 N–H and O–H groups in total. The molecule has 0 amide bonds. The van der Waals surface area contributed by atoms with E-state index in [0.717, 1.165) is 30.3 Å². The highest BCUT2D eigenvalue weighted by Gasteiger charge is 2.11. The Balaban J connectivity index is 2.10. The van der Waals surface area contributed by atoms with Crippen molar-refractivity contribution in [1.82, 2.24) is 10.7 Å². The topological polar surface area (TPSA) is 59.6 Å². The molecule has 0 fully saturated rings. The number of halogens is 1. The SMILES string of the molecule is COc1ccc(/C(C)=N/NC2=[NH+]CCN2)cc1Cl. The predicted molar refractivity (Wildman–Crippen MR) is 72.2 cm³/mol. The summed E-state index contributed by atoms with van der Waals surface area (Å²) in [6.45, 7) is 3.73. The second-order valence-electron chi connectivity index (χ2n) is 3.89. The van der Waals surface area contributed by atoms with Gasteiger partial charge in [-0.3, -0.25) is 10.3 Å². The molecule has 96 valence electrons. The fourth-order valence-corrected chi connectivity index (χ4v) is 1.87. The summed E-state index contributed by atoms with van der Waals surface area (Å²) in [6.07, 6.45) is 0. The summed E-state index contributed by atoms with van der Waals surface area (Å²) in [5.74, 6) is 1.49. The average molecular weight is 268 g/mol. The van der Waals surface area contributed by atoms with Gasteiger partial charge in [0.1, 0.15) is 5.75 Å². The van der Waals surface area contributed by atoms with Crippen LogP contribution in [-0.4, -0.2) is 31.9 Å². The number of hydrogen-bond donors (Lipinski definition) is 3. The number of guanidine groups is 1. The molecule has 6 heteroatoms. The third-order valence-corrected chi connectivity index (χ3v) is 2.93. The Morgan fingerprint density at radius 1 is 1.56 bits per heavy atom. The average Bonchev–Trinajstić information content (AvgIpc) is 2.89. The smallest absolute Gasteiger partial charge is 0.367 e. The molecule has 18 heavy (non-hydrogen) atoms. The molecule has 1 aromatic carbocycles. The molecule has 5 nitrogen and oxygen atoms in total. The number of methoxy groups -OCH3 is 1. The number of benzene rings is 1. The van der Waals surface area contributed by atoms with Crippen molar-refractivity contribution in [3.05, 3.63) is 28.8 Å². The van der Waals surface area contributed by atoms with Crippen LogP contribution in [0.15, 0.2) is 23.3 Å². The Morgan fingerprint density at radius 3 is 3.00 bits per heavy atom. The van der Waals surface area contributed by atoms with Gasteiger partial charge in [-0.05, 0) is 25.1 Å². The minimum absolute atomic E-state index is 0.578. The van der Waals surface area contributed by atoms with E-state index in [4.69, 9.17) is 16.3 Å². The van der Waals surface area contributed by atoms with Crippen LogP contribution in [0.2, 0.25) is 5.02 Å². The van der Waals surface area contributed by atoms with Gasteiger partial charge in [-0.15, -0.1) is 5.10 Å². The molecule has 0 bridgehead atoms. The first-order chi connectivity index (χ1) is 8.70. The molecule has 0 aliphatic carbocycles. The van der Waals surface area contributed by atoms with Gasteiger partial charge in [0.05, 0.1) is 30.9 Å². The third kappa shape index (κ3) is 2.92. The van der Waals surface area contributed by atoms with Crippen molar-refractivity contribution in [2.75, 3.05) is 20.2 Å². The first-order valence-corrected chi connectivity index (χ1v) is 6.07. The van der Waals surface area contributed by atoms with Crippen LogP contribution in [0.5, 0.6) is 5.75 Å². The number of nitrogens with zero attached hydrogens (tertiary/aromatic N) is 1. The summed E-state index contributed by atoms with van der Waals surface area (Å²) < 4.78 is 5.11. The van der Waals surface area contributed by atoms with Gasteiger partial charge in [-0.2, -0.15) is 5.43 Å². The lowest BCUT2D eigenvalue weighted by Crippen LogP contribution is -2.73. The number of hydrogen-bond acceptors (Lipinski definition) is 4. The van der Waals surface area contributed by atoms with E-state index in [1.165, 1.54) is 0 Å². The molecule has 0 atom stereocenters. The highest BCUT2D eigenvalue weighted by molar-refractivity contribution is 6.32. The van der Waals surface area contributed by atoms with Crippen molar-refractivity contribution in [2.24, 2.45) is 5.10 Å². The molecule has 0 spiro atoms. The maximum atomic E-state index is 6.07. The zero-order valence-electron chi connectivity index (χ0n) is 10.4. The van der Waals surface area contributed by atoms with Crippen molar-refractivity contribution >= 4 is 23.3 Å². The van der Waals surface area contributed by atoms with Crippen molar-refractivity contribution < 1.29 is 9.73 Å². The number of hydrazone groups is 1. The fourth-order valence-electron chi connectivity index (χ4n) is 1.61. The van der Waals surface area contributed by atoms with Crippen LogP contribution in [0.4, 0.5) is 0 Å². The van der Waals surface area contributed by atoms with Crippen LogP contribution < -0.4 is 20.5 Å². The first-order valence-electron chi connectivity index (χ1n) is 5.69. The van der Waals surface area contributed by atoms with Crippen LogP contribution in [0.1, 0.15) is 12.5 Å². The van der Waals surface area contributed by atoms with Crippen LogP contribution in [0, 0.1) is 0 Å². The van der Waals surface area contributed by atoms with Gasteiger partial charge in [-0.25, -0.2) is 0 Å². The normalized spacial score (nSPS) is 15.1. The molecule has 0 radical (unpaired) electrons. The van der Waals surface area contributed by atoms with Crippen LogP contribution in [0.3, 0.4) is 0 Å². The molecule has 2 rings (SSSR count). The number of rotatable bonds is 3. The van der Waals surface area contributed by atoms with Crippen molar-refractivity contribution in [3.8, 4) is 5.75 Å². The molecule has 0 aromatic heterocycles. The summed E-state index contributed by atoms with van der Waals surface area (Å²) in [5.41, 5.74) is 4.74. The van der Waals surface area contributed by atoms with Gasteiger partial charge in [0.25, 0.3) is 0 Å². The zero-order chi connectivity index (χ0) is 13.0. The molecular formula is C12H16ClN4O+. The second kappa shape index (κ2) is 5.73. The van der Waals surface area contributed by atoms with Gasteiger partial charge in [0.2, 0.25) is 0 Å². The molecule has 1 heterocycles. The fraction of sp³-hybridized carbons (Fsp3) is 0.333. The molecule has 1 aliphatic heterocycles. The van der Waals surface area contributed by atoms with E-state index in [2.05, 4.69) is 20.8 Å². The zero-order valence-corrected chi connectivity index (χ0v) is 11.1. The highest BCUT2D eigenvalue weighted by Crippen LogP contribution is 2.25. The lowest BCUT2D eigenvalue weighted by atomic mass is 10.1. The Labute approximate surface area is 111 Å². The molecule has 0 saturated heterocycles. The Hall–Kier alpha value is -1.75.